The SMILES string of the molecule is NS(=O)(=O)c1ccc(NC(=O)COc2ccc(S(=O)(=O)N3CCCCC3)cc2Cl)cc1. The molecule has 1 heterocycles. The lowest BCUT2D eigenvalue weighted by Gasteiger charge is -2.26. The van der Waals surface area contributed by atoms with Crippen molar-refractivity contribution in [1.82, 2.24) is 4.31 Å². The van der Waals surface area contributed by atoms with E-state index in [1.54, 1.807) is 0 Å². The lowest BCUT2D eigenvalue weighted by atomic mass is 10.2. The summed E-state index contributed by atoms with van der Waals surface area (Å²) in [6, 6.07) is 9.44. The van der Waals surface area contributed by atoms with Gasteiger partial charge in [0.05, 0.1) is 14.8 Å². The molecular formula is C19H22ClN3O6S2. The summed E-state index contributed by atoms with van der Waals surface area (Å²) in [5.74, 6) is -0.344. The summed E-state index contributed by atoms with van der Waals surface area (Å²) in [7, 11) is -7.44. The zero-order chi connectivity index (χ0) is 22.6. The van der Waals surface area contributed by atoms with Gasteiger partial charge in [-0.15, -0.1) is 0 Å². The smallest absolute Gasteiger partial charge is 0.262 e. The number of hydrogen-bond donors (Lipinski definition) is 2. The molecule has 1 saturated heterocycles. The van der Waals surface area contributed by atoms with E-state index in [0.29, 0.717) is 18.8 Å². The van der Waals surface area contributed by atoms with Crippen LogP contribution in [-0.2, 0) is 24.8 Å². The zero-order valence-corrected chi connectivity index (χ0v) is 18.8. The molecule has 1 amide bonds. The van der Waals surface area contributed by atoms with Crippen LogP contribution in [0.1, 0.15) is 19.3 Å². The number of carbonyl (C=O) groups excluding carboxylic acids is 1. The molecule has 12 heteroatoms. The number of sulfonamides is 2. The van der Waals surface area contributed by atoms with Crippen LogP contribution in [0, 0.1) is 0 Å². The highest BCUT2D eigenvalue weighted by atomic mass is 35.5. The van der Waals surface area contributed by atoms with Crippen molar-refractivity contribution in [2.45, 2.75) is 29.1 Å². The van der Waals surface area contributed by atoms with Gasteiger partial charge in [0, 0.05) is 18.8 Å². The van der Waals surface area contributed by atoms with Gasteiger partial charge in [0.1, 0.15) is 5.75 Å². The fourth-order valence-electron chi connectivity index (χ4n) is 3.08. The van der Waals surface area contributed by atoms with Crippen molar-refractivity contribution in [1.29, 1.82) is 0 Å². The van der Waals surface area contributed by atoms with Crippen LogP contribution in [0.15, 0.2) is 52.3 Å². The molecule has 1 fully saturated rings. The second-order valence-electron chi connectivity index (χ2n) is 6.96. The number of rotatable bonds is 7. The third-order valence-electron chi connectivity index (χ3n) is 4.68. The number of piperidine rings is 1. The molecule has 168 valence electrons. The molecule has 0 aromatic heterocycles. The van der Waals surface area contributed by atoms with Gasteiger partial charge in [-0.2, -0.15) is 4.31 Å². The van der Waals surface area contributed by atoms with E-state index in [9.17, 15) is 21.6 Å². The van der Waals surface area contributed by atoms with Crippen molar-refractivity contribution < 1.29 is 26.4 Å². The van der Waals surface area contributed by atoms with E-state index in [-0.39, 0.29) is 27.2 Å². The number of primary sulfonamides is 1. The average Bonchev–Trinajstić information content (AvgIpc) is 2.73. The van der Waals surface area contributed by atoms with Crippen LogP contribution >= 0.6 is 11.6 Å². The lowest BCUT2D eigenvalue weighted by Crippen LogP contribution is -2.35. The van der Waals surface area contributed by atoms with Gasteiger partial charge in [-0.3, -0.25) is 4.79 Å². The molecule has 0 unspecified atom stereocenters. The highest BCUT2D eigenvalue weighted by molar-refractivity contribution is 7.89. The van der Waals surface area contributed by atoms with Gasteiger partial charge in [0.25, 0.3) is 5.91 Å². The number of benzene rings is 2. The van der Waals surface area contributed by atoms with E-state index in [1.165, 1.54) is 46.8 Å². The Hall–Kier alpha value is -2.18. The molecule has 2 aromatic carbocycles. The Bertz CT molecular complexity index is 1160. The molecule has 9 nitrogen and oxygen atoms in total. The largest absolute Gasteiger partial charge is 0.482 e. The van der Waals surface area contributed by atoms with E-state index >= 15 is 0 Å². The fraction of sp³-hybridized carbons (Fsp3) is 0.316. The first-order valence-electron chi connectivity index (χ1n) is 9.42. The monoisotopic (exact) mass is 487 g/mol. The summed E-state index contributed by atoms with van der Waals surface area (Å²) in [5, 5.41) is 7.64. The first-order valence-corrected chi connectivity index (χ1v) is 12.8. The number of amides is 1. The fourth-order valence-corrected chi connectivity index (χ4v) is 5.44. The minimum absolute atomic E-state index is 0.0726. The quantitative estimate of drug-likeness (QED) is 0.614. The van der Waals surface area contributed by atoms with Crippen molar-refractivity contribution >= 4 is 43.2 Å². The number of ether oxygens (including phenoxy) is 1. The minimum Gasteiger partial charge on any atom is -0.482 e. The molecule has 1 aliphatic heterocycles. The number of anilines is 1. The number of nitrogens with two attached hydrogens (primary N) is 1. The number of nitrogens with zero attached hydrogens (tertiary/aromatic N) is 1. The summed E-state index contributed by atoms with van der Waals surface area (Å²) in [4.78, 5) is 12.1. The van der Waals surface area contributed by atoms with Gasteiger partial charge < -0.3 is 10.1 Å². The van der Waals surface area contributed by atoms with E-state index in [0.717, 1.165) is 19.3 Å². The molecule has 1 aliphatic rings. The molecule has 0 bridgehead atoms. The average molecular weight is 488 g/mol. The van der Waals surface area contributed by atoms with Crippen LogP contribution < -0.4 is 15.2 Å². The Labute approximate surface area is 186 Å². The summed E-state index contributed by atoms with van der Waals surface area (Å²) < 4.78 is 54.8. The van der Waals surface area contributed by atoms with Crippen LogP contribution in [-0.4, -0.2) is 46.7 Å². The number of carbonyl (C=O) groups is 1. The number of halogens is 1. The van der Waals surface area contributed by atoms with Crippen molar-refractivity contribution in [3.8, 4) is 5.75 Å². The molecule has 0 spiro atoms. The van der Waals surface area contributed by atoms with Crippen molar-refractivity contribution in [2.24, 2.45) is 5.14 Å². The minimum atomic E-state index is -3.82. The van der Waals surface area contributed by atoms with Crippen molar-refractivity contribution in [3.63, 3.8) is 0 Å². The molecule has 31 heavy (non-hydrogen) atoms. The third-order valence-corrected chi connectivity index (χ3v) is 7.80. The Morgan fingerprint density at radius 1 is 1.00 bits per heavy atom. The molecular weight excluding hydrogens is 466 g/mol. The van der Waals surface area contributed by atoms with E-state index in [2.05, 4.69) is 5.32 Å². The normalized spacial score (nSPS) is 15.4. The predicted molar refractivity (Wildman–Crippen MR) is 116 cm³/mol. The molecule has 0 aliphatic carbocycles. The van der Waals surface area contributed by atoms with Crippen LogP contribution in [0.4, 0.5) is 5.69 Å². The maximum absolute atomic E-state index is 12.7. The zero-order valence-electron chi connectivity index (χ0n) is 16.5. The predicted octanol–water partition coefficient (Wildman–Crippen LogP) is 2.18. The summed E-state index contributed by atoms with van der Waals surface area (Å²) in [6.07, 6.45) is 2.67. The standard InChI is InChI=1S/C19H22ClN3O6S2/c20-17-12-16(31(27,28)23-10-2-1-3-11-23)8-9-18(17)29-13-19(24)22-14-4-6-15(7-5-14)30(21,25)26/h4-9,12H,1-3,10-11,13H2,(H,22,24)(H2,21,25,26). The van der Waals surface area contributed by atoms with Crippen LogP contribution in [0.3, 0.4) is 0 Å². The summed E-state index contributed by atoms with van der Waals surface area (Å²) >= 11 is 6.17. The van der Waals surface area contributed by atoms with Gasteiger partial charge in [-0.25, -0.2) is 22.0 Å². The maximum atomic E-state index is 12.7. The maximum Gasteiger partial charge on any atom is 0.262 e. The third kappa shape index (κ3) is 5.95. The molecule has 3 N–H and O–H groups in total. The molecule has 0 atom stereocenters. The first kappa shape index (κ1) is 23.5. The number of hydrogen-bond acceptors (Lipinski definition) is 6. The van der Waals surface area contributed by atoms with Crippen LogP contribution in [0.2, 0.25) is 5.02 Å². The van der Waals surface area contributed by atoms with E-state index < -0.39 is 26.0 Å². The summed E-state index contributed by atoms with van der Waals surface area (Å²) in [5.41, 5.74) is 0.357. The van der Waals surface area contributed by atoms with Crippen molar-refractivity contribution in [2.75, 3.05) is 25.0 Å². The highest BCUT2D eigenvalue weighted by Gasteiger charge is 2.26. The molecule has 2 aromatic rings. The molecule has 0 saturated carbocycles. The van der Waals surface area contributed by atoms with Crippen molar-refractivity contribution in [3.05, 3.63) is 47.5 Å². The van der Waals surface area contributed by atoms with E-state index in [4.69, 9.17) is 21.5 Å². The highest BCUT2D eigenvalue weighted by Crippen LogP contribution is 2.29. The first-order chi connectivity index (χ1) is 14.6. The van der Waals surface area contributed by atoms with Gasteiger partial charge in [-0.1, -0.05) is 18.0 Å². The van der Waals surface area contributed by atoms with Gasteiger partial charge in [0.2, 0.25) is 20.0 Å². The Kier molecular flexibility index (Phi) is 7.22. The van der Waals surface area contributed by atoms with E-state index in [1.807, 2.05) is 0 Å². The lowest BCUT2D eigenvalue weighted by molar-refractivity contribution is -0.118. The topological polar surface area (TPSA) is 136 Å². The van der Waals surface area contributed by atoms with Crippen LogP contribution in [0.5, 0.6) is 5.75 Å². The Morgan fingerprint density at radius 3 is 2.19 bits per heavy atom. The Balaban J connectivity index is 1.61. The summed E-state index contributed by atoms with van der Waals surface area (Å²) in [6.45, 7) is 0.585. The van der Waals surface area contributed by atoms with Gasteiger partial charge >= 0.3 is 0 Å². The molecule has 0 radical (unpaired) electrons. The van der Waals surface area contributed by atoms with Gasteiger partial charge in [0.15, 0.2) is 6.61 Å². The van der Waals surface area contributed by atoms with Gasteiger partial charge in [-0.05, 0) is 55.3 Å². The Morgan fingerprint density at radius 2 is 1.61 bits per heavy atom. The second kappa shape index (κ2) is 9.53. The van der Waals surface area contributed by atoms with Crippen LogP contribution in [0.25, 0.3) is 0 Å². The second-order valence-corrected chi connectivity index (χ2v) is 10.9. The molecule has 3 rings (SSSR count). The number of nitrogens with one attached hydrogen (secondary N) is 1.